The molecule has 0 saturated heterocycles. The molecule has 0 aromatic heterocycles. The summed E-state index contributed by atoms with van der Waals surface area (Å²) in [6.45, 7) is 7.10. The molecular formula is C25H26FO3S+. The van der Waals surface area contributed by atoms with Gasteiger partial charge < -0.3 is 9.47 Å². The Labute approximate surface area is 180 Å². The van der Waals surface area contributed by atoms with E-state index in [1.165, 1.54) is 11.0 Å². The van der Waals surface area contributed by atoms with Crippen LogP contribution in [0.25, 0.3) is 0 Å². The molecule has 1 atom stereocenters. The van der Waals surface area contributed by atoms with Gasteiger partial charge in [-0.05, 0) is 57.0 Å². The van der Waals surface area contributed by atoms with Crippen molar-refractivity contribution in [3.05, 3.63) is 70.4 Å². The summed E-state index contributed by atoms with van der Waals surface area (Å²) in [5, 5.41) is 2.27. The molecule has 5 heteroatoms. The number of halogens is 1. The van der Waals surface area contributed by atoms with Crippen molar-refractivity contribution in [2.75, 3.05) is 12.4 Å². The van der Waals surface area contributed by atoms with Crippen LogP contribution < -0.4 is 4.74 Å². The van der Waals surface area contributed by atoms with Crippen molar-refractivity contribution < 1.29 is 18.7 Å². The van der Waals surface area contributed by atoms with Crippen molar-refractivity contribution >= 4 is 16.9 Å². The third-order valence-corrected chi connectivity index (χ3v) is 6.61. The fourth-order valence-corrected chi connectivity index (χ4v) is 5.13. The van der Waals surface area contributed by atoms with Gasteiger partial charge in [0.2, 0.25) is 0 Å². The number of carbonyl (C=O) groups excluding carboxylic acids is 1. The largest absolute Gasteiger partial charge is 0.481 e. The number of ether oxygens (including phenoxy) is 2. The monoisotopic (exact) mass is 425 g/mol. The lowest BCUT2D eigenvalue weighted by Crippen LogP contribution is -2.29. The van der Waals surface area contributed by atoms with Gasteiger partial charge in [0.1, 0.15) is 22.7 Å². The Morgan fingerprint density at radius 1 is 1.20 bits per heavy atom. The second-order valence-corrected chi connectivity index (χ2v) is 9.69. The summed E-state index contributed by atoms with van der Waals surface area (Å²) in [7, 11) is 0.165. The Kier molecular flexibility index (Phi) is 6.89. The Hall–Kier alpha value is -2.71. The number of esters is 1. The molecule has 1 aliphatic heterocycles. The maximum absolute atomic E-state index is 13.7. The molecule has 156 valence electrons. The molecule has 1 aliphatic rings. The van der Waals surface area contributed by atoms with Crippen LogP contribution in [0.2, 0.25) is 0 Å². The molecule has 0 bridgehead atoms. The number of hydrogen-bond acceptors (Lipinski definition) is 3. The molecule has 1 heterocycles. The standard InChI is InChI=1S/C25H26FO3S/c1-18-15-21(30-13-7-8-14-30)16-19(2)24(18)28-17-23(27)29-25(3,4)12-11-20-9-5-6-10-22(20)26/h5-7,9-10,13,15-16H,8,14,17H2,1-4H3/q+1. The lowest BCUT2D eigenvalue weighted by molar-refractivity contribution is -0.154. The van der Waals surface area contributed by atoms with Crippen LogP contribution in [0.1, 0.15) is 37.0 Å². The van der Waals surface area contributed by atoms with Gasteiger partial charge in [-0.1, -0.05) is 24.0 Å². The van der Waals surface area contributed by atoms with Crippen LogP contribution in [0, 0.1) is 31.5 Å². The average Bonchev–Trinajstić information content (AvgIpc) is 3.21. The fourth-order valence-electron chi connectivity index (χ4n) is 3.18. The second kappa shape index (κ2) is 9.40. The smallest absolute Gasteiger partial charge is 0.345 e. The first-order valence-corrected chi connectivity index (χ1v) is 11.3. The van der Waals surface area contributed by atoms with E-state index in [9.17, 15) is 9.18 Å². The van der Waals surface area contributed by atoms with Gasteiger partial charge in [0, 0.05) is 18.6 Å². The number of benzene rings is 2. The SMILES string of the molecule is Cc1cc([S+]2C=CCC2)cc(C)c1OCC(=O)OC(C)(C)C#Cc1ccccc1F. The van der Waals surface area contributed by atoms with E-state index in [1.54, 1.807) is 32.0 Å². The van der Waals surface area contributed by atoms with Crippen molar-refractivity contribution in [2.45, 2.75) is 44.6 Å². The van der Waals surface area contributed by atoms with Gasteiger partial charge in [0.15, 0.2) is 17.1 Å². The van der Waals surface area contributed by atoms with Gasteiger partial charge >= 0.3 is 5.97 Å². The Balaban J connectivity index is 1.61. The summed E-state index contributed by atoms with van der Waals surface area (Å²) >= 11 is 0. The van der Waals surface area contributed by atoms with Crippen LogP contribution in [0.4, 0.5) is 4.39 Å². The number of aryl methyl sites for hydroxylation is 2. The predicted octanol–water partition coefficient (Wildman–Crippen LogP) is 5.09. The quantitative estimate of drug-likeness (QED) is 0.380. The molecule has 0 spiro atoms. The van der Waals surface area contributed by atoms with Gasteiger partial charge in [-0.15, -0.1) is 0 Å². The summed E-state index contributed by atoms with van der Waals surface area (Å²) in [5.41, 5.74) is 1.21. The van der Waals surface area contributed by atoms with E-state index in [0.29, 0.717) is 5.75 Å². The summed E-state index contributed by atoms with van der Waals surface area (Å²) in [5.74, 6) is 6.49. The zero-order chi connectivity index (χ0) is 21.7. The Morgan fingerprint density at radius 3 is 2.53 bits per heavy atom. The zero-order valence-electron chi connectivity index (χ0n) is 17.8. The van der Waals surface area contributed by atoms with Crippen molar-refractivity contribution in [2.24, 2.45) is 0 Å². The fraction of sp³-hybridized carbons (Fsp3) is 0.320. The number of carbonyl (C=O) groups is 1. The minimum atomic E-state index is -1.06. The highest BCUT2D eigenvalue weighted by Crippen LogP contribution is 2.30. The molecule has 3 rings (SSSR count). The van der Waals surface area contributed by atoms with Crippen molar-refractivity contribution in [1.82, 2.24) is 0 Å². The van der Waals surface area contributed by atoms with Crippen LogP contribution in [0.3, 0.4) is 0 Å². The highest BCUT2D eigenvalue weighted by atomic mass is 32.2. The number of hydrogen-bond donors (Lipinski definition) is 0. The van der Waals surface area contributed by atoms with Crippen LogP contribution in [-0.2, 0) is 20.4 Å². The van der Waals surface area contributed by atoms with Crippen LogP contribution in [0.5, 0.6) is 5.75 Å². The molecule has 0 fully saturated rings. The van der Waals surface area contributed by atoms with Gasteiger partial charge in [0.05, 0.1) is 16.5 Å². The van der Waals surface area contributed by atoms with Gasteiger partial charge in [-0.3, -0.25) is 0 Å². The normalized spacial score (nSPS) is 15.4. The first-order chi connectivity index (χ1) is 14.2. The maximum Gasteiger partial charge on any atom is 0.345 e. The van der Waals surface area contributed by atoms with E-state index in [4.69, 9.17) is 9.47 Å². The molecule has 0 N–H and O–H groups in total. The van der Waals surface area contributed by atoms with Crippen molar-refractivity contribution in [3.8, 4) is 17.6 Å². The van der Waals surface area contributed by atoms with Gasteiger partial charge in [-0.2, -0.15) is 0 Å². The van der Waals surface area contributed by atoms with E-state index in [1.807, 2.05) is 13.8 Å². The molecule has 0 radical (unpaired) electrons. The lowest BCUT2D eigenvalue weighted by atomic mass is 10.1. The maximum atomic E-state index is 13.7. The summed E-state index contributed by atoms with van der Waals surface area (Å²) in [6, 6.07) is 10.5. The summed E-state index contributed by atoms with van der Waals surface area (Å²) in [6.07, 6.45) is 3.35. The van der Waals surface area contributed by atoms with E-state index >= 15 is 0 Å². The molecular weight excluding hydrogens is 399 g/mol. The van der Waals surface area contributed by atoms with E-state index in [0.717, 1.165) is 23.3 Å². The van der Waals surface area contributed by atoms with Crippen LogP contribution >= 0.6 is 0 Å². The highest BCUT2D eigenvalue weighted by Gasteiger charge is 2.25. The summed E-state index contributed by atoms with van der Waals surface area (Å²) in [4.78, 5) is 13.6. The number of rotatable bonds is 5. The Bertz CT molecular complexity index is 1010. The molecule has 0 saturated carbocycles. The van der Waals surface area contributed by atoms with Crippen molar-refractivity contribution in [1.29, 1.82) is 0 Å². The van der Waals surface area contributed by atoms with E-state index < -0.39 is 17.4 Å². The molecule has 2 aromatic carbocycles. The predicted molar refractivity (Wildman–Crippen MR) is 119 cm³/mol. The molecule has 30 heavy (non-hydrogen) atoms. The second-order valence-electron chi connectivity index (χ2n) is 7.68. The van der Waals surface area contributed by atoms with E-state index in [2.05, 4.69) is 35.5 Å². The van der Waals surface area contributed by atoms with Crippen LogP contribution in [-0.4, -0.2) is 23.9 Å². The zero-order valence-corrected chi connectivity index (χ0v) is 18.6. The minimum absolute atomic E-state index is 0.165. The van der Waals surface area contributed by atoms with Crippen molar-refractivity contribution in [3.63, 3.8) is 0 Å². The molecule has 2 aromatic rings. The lowest BCUT2D eigenvalue weighted by Gasteiger charge is -2.19. The van der Waals surface area contributed by atoms with Crippen LogP contribution in [0.15, 0.2) is 52.8 Å². The minimum Gasteiger partial charge on any atom is -0.481 e. The molecule has 3 nitrogen and oxygen atoms in total. The number of allylic oxidation sites excluding steroid dienone is 1. The first-order valence-electron chi connectivity index (χ1n) is 9.85. The highest BCUT2D eigenvalue weighted by molar-refractivity contribution is 7.99. The molecule has 0 amide bonds. The van der Waals surface area contributed by atoms with E-state index in [-0.39, 0.29) is 23.1 Å². The van der Waals surface area contributed by atoms with Gasteiger partial charge in [0.25, 0.3) is 0 Å². The summed E-state index contributed by atoms with van der Waals surface area (Å²) < 4.78 is 24.9. The molecule has 1 unspecified atom stereocenters. The average molecular weight is 426 g/mol. The molecule has 0 aliphatic carbocycles. The topological polar surface area (TPSA) is 35.5 Å². The third-order valence-electron chi connectivity index (χ3n) is 4.58. The third kappa shape index (κ3) is 5.67. The first kappa shape index (κ1) is 22.0. The van der Waals surface area contributed by atoms with Gasteiger partial charge in [-0.25, -0.2) is 9.18 Å². The Morgan fingerprint density at radius 2 is 1.90 bits per heavy atom.